The molecule has 0 amide bonds. The summed E-state index contributed by atoms with van der Waals surface area (Å²) in [4.78, 5) is 47.6. The monoisotopic (exact) mass is 847 g/mol. The van der Waals surface area contributed by atoms with Gasteiger partial charge in [0.1, 0.15) is 17.7 Å². The molecule has 0 N–H and O–H groups in total. The predicted molar refractivity (Wildman–Crippen MR) is 254 cm³/mol. The summed E-state index contributed by atoms with van der Waals surface area (Å²) in [7, 11) is 2.10. The van der Waals surface area contributed by atoms with Crippen LogP contribution in [0.25, 0.3) is 11.3 Å². The van der Waals surface area contributed by atoms with E-state index in [0.717, 1.165) is 36.2 Å². The van der Waals surface area contributed by atoms with E-state index in [9.17, 15) is 14.4 Å². The van der Waals surface area contributed by atoms with Gasteiger partial charge in [0.25, 0.3) is 0 Å². The second-order valence-electron chi connectivity index (χ2n) is 16.0. The first-order chi connectivity index (χ1) is 30.0. The highest BCUT2D eigenvalue weighted by Crippen LogP contribution is 2.46. The SMILES string of the molecule is CC.CC.CC.CC1CC1C(=O)OCC(=O)c1ccccc1.CC1CC1C1=NC(c2ccccc2)C=N1.CC1CC1c1nc(-c2ccccc2)cn1C.CCOC(=O)C1CC1C. The lowest BCUT2D eigenvalue weighted by molar-refractivity contribution is -0.145. The van der Waals surface area contributed by atoms with Crippen LogP contribution in [0, 0.1) is 41.4 Å². The summed E-state index contributed by atoms with van der Waals surface area (Å²) in [5.41, 5.74) is 4.12. The fourth-order valence-electron chi connectivity index (χ4n) is 6.80. The molecule has 4 aromatic rings. The van der Waals surface area contributed by atoms with Crippen molar-refractivity contribution in [3.8, 4) is 11.3 Å². The van der Waals surface area contributed by atoms with Crippen LogP contribution in [0.1, 0.15) is 136 Å². The van der Waals surface area contributed by atoms with Gasteiger partial charge in [-0.15, -0.1) is 0 Å². The average molecular weight is 847 g/mol. The molecule has 4 saturated carbocycles. The summed E-state index contributed by atoms with van der Waals surface area (Å²) in [6.45, 7) is 22.8. The number of hydrogen-bond acceptors (Lipinski definition) is 8. The van der Waals surface area contributed by atoms with Gasteiger partial charge in [-0.05, 0) is 61.8 Å². The summed E-state index contributed by atoms with van der Waals surface area (Å²) in [5.74, 6) is 6.06. The maximum atomic E-state index is 11.6. The van der Waals surface area contributed by atoms with Gasteiger partial charge in [0, 0.05) is 42.4 Å². The summed E-state index contributed by atoms with van der Waals surface area (Å²) >= 11 is 0. The van der Waals surface area contributed by atoms with Crippen LogP contribution >= 0.6 is 0 Å². The molecule has 336 valence electrons. The maximum absolute atomic E-state index is 11.6. The van der Waals surface area contributed by atoms with Crippen molar-refractivity contribution >= 4 is 29.8 Å². The average Bonchev–Trinajstić information content (AvgIpc) is 4.29. The van der Waals surface area contributed by atoms with Gasteiger partial charge in [-0.1, -0.05) is 160 Å². The number of ketones is 1. The van der Waals surface area contributed by atoms with Crippen molar-refractivity contribution in [1.29, 1.82) is 0 Å². The standard InChI is InChI=1S/C14H16N2.C13H14N2.C13H14O3.C7H12O2.3C2H6/c1-10-8-12(10)14-15-13(9-16(14)2)11-6-4-3-5-7-11;1-9-7-11(9)13-14-8-12(15-13)10-5-3-2-4-6-10;1-9-7-11(9)13(15)16-8-12(14)10-5-3-2-4-6-10;1-3-9-7(8)6-4-5(6)2;3*1-2/h3-7,9-10,12H,8H2,1-2H3;2-6,8-9,11-12H,7H2,1H3;2-6,9,11H,7-8H2,1H3;5-6H,3-4H2,1-2H3;3*1-2H3. The van der Waals surface area contributed by atoms with Gasteiger partial charge in [0.2, 0.25) is 0 Å². The number of rotatable bonds is 10. The molecule has 4 fully saturated rings. The molecule has 9 unspecified atom stereocenters. The molecule has 9 atom stereocenters. The zero-order valence-corrected chi connectivity index (χ0v) is 39.6. The van der Waals surface area contributed by atoms with Crippen molar-refractivity contribution in [1.82, 2.24) is 9.55 Å². The fourth-order valence-corrected chi connectivity index (χ4v) is 6.80. The number of aromatic nitrogens is 2. The molecule has 1 aromatic heterocycles. The van der Waals surface area contributed by atoms with Gasteiger partial charge in [0.05, 0.1) is 24.1 Å². The largest absolute Gasteiger partial charge is 0.466 e. The Morgan fingerprint density at radius 3 is 1.58 bits per heavy atom. The molecule has 5 aliphatic rings. The Kier molecular flexibility index (Phi) is 21.7. The number of benzene rings is 3. The predicted octanol–water partition coefficient (Wildman–Crippen LogP) is 12.4. The minimum absolute atomic E-state index is 0.00926. The van der Waals surface area contributed by atoms with Crippen molar-refractivity contribution in [2.24, 2.45) is 58.5 Å². The highest BCUT2D eigenvalue weighted by molar-refractivity contribution is 5.99. The van der Waals surface area contributed by atoms with Crippen molar-refractivity contribution in [3.63, 3.8) is 0 Å². The molecule has 4 aliphatic carbocycles. The number of aryl methyl sites for hydroxylation is 1. The summed E-state index contributed by atoms with van der Waals surface area (Å²) in [6.07, 6.45) is 8.57. The second-order valence-corrected chi connectivity index (χ2v) is 16.0. The van der Waals surface area contributed by atoms with E-state index < -0.39 is 0 Å². The van der Waals surface area contributed by atoms with Crippen LogP contribution in [0.2, 0.25) is 0 Å². The van der Waals surface area contributed by atoms with Crippen molar-refractivity contribution in [3.05, 3.63) is 114 Å². The van der Waals surface area contributed by atoms with E-state index >= 15 is 0 Å². The minimum atomic E-state index is -0.239. The number of carbonyl (C=O) groups excluding carboxylic acids is 3. The Morgan fingerprint density at radius 2 is 1.11 bits per heavy atom. The molecule has 62 heavy (non-hydrogen) atoms. The fraction of sp³-hybridized carbons (Fsp3) is 0.509. The Balaban J connectivity index is 0.000000215. The quantitative estimate of drug-likeness (QED) is 0.116. The normalized spacial score (nSPS) is 24.7. The second kappa shape index (κ2) is 26.3. The lowest BCUT2D eigenvalue weighted by Gasteiger charge is -2.03. The Bertz CT molecular complexity index is 1990. The van der Waals surface area contributed by atoms with Crippen LogP contribution in [-0.4, -0.2) is 52.5 Å². The number of Topliss-reactive ketones (excluding diaryl/α,β-unsaturated/α-hetero) is 1. The van der Waals surface area contributed by atoms with E-state index in [1.165, 1.54) is 29.8 Å². The summed E-state index contributed by atoms with van der Waals surface area (Å²) in [6, 6.07) is 29.8. The topological polar surface area (TPSA) is 112 Å². The van der Waals surface area contributed by atoms with Crippen LogP contribution in [-0.2, 0) is 26.1 Å². The highest BCUT2D eigenvalue weighted by atomic mass is 16.5. The van der Waals surface area contributed by atoms with Crippen LogP contribution in [0.15, 0.2) is 107 Å². The number of ether oxygens (including phenoxy) is 2. The number of carbonyl (C=O) groups is 3. The number of imidazole rings is 1. The molecule has 0 spiro atoms. The molecular formula is C53H74N4O5. The molecular weight excluding hydrogens is 773 g/mol. The molecule has 3 aromatic carbocycles. The number of nitrogens with zero attached hydrogens (tertiary/aromatic N) is 4. The minimum Gasteiger partial charge on any atom is -0.466 e. The lowest BCUT2D eigenvalue weighted by Crippen LogP contribution is -2.15. The number of esters is 2. The zero-order chi connectivity index (χ0) is 45.8. The molecule has 1 aliphatic heterocycles. The molecule has 9 rings (SSSR count). The van der Waals surface area contributed by atoms with E-state index in [0.29, 0.717) is 35.8 Å². The summed E-state index contributed by atoms with van der Waals surface area (Å²) < 4.78 is 11.9. The van der Waals surface area contributed by atoms with Gasteiger partial charge < -0.3 is 14.0 Å². The summed E-state index contributed by atoms with van der Waals surface area (Å²) in [5, 5.41) is 0. The van der Waals surface area contributed by atoms with Gasteiger partial charge in [0.15, 0.2) is 12.4 Å². The van der Waals surface area contributed by atoms with Crippen LogP contribution in [0.4, 0.5) is 0 Å². The van der Waals surface area contributed by atoms with Gasteiger partial charge >= 0.3 is 11.9 Å². The van der Waals surface area contributed by atoms with Crippen molar-refractivity contribution in [2.75, 3.05) is 13.2 Å². The Hall–Kier alpha value is -5.18. The maximum Gasteiger partial charge on any atom is 0.309 e. The molecule has 0 radical (unpaired) electrons. The van der Waals surface area contributed by atoms with E-state index in [1.54, 1.807) is 24.3 Å². The van der Waals surface area contributed by atoms with E-state index in [4.69, 9.17) is 14.5 Å². The van der Waals surface area contributed by atoms with Crippen LogP contribution in [0.5, 0.6) is 0 Å². The Labute approximate surface area is 372 Å². The molecule has 2 heterocycles. The first kappa shape index (κ1) is 51.2. The van der Waals surface area contributed by atoms with Gasteiger partial charge in [-0.2, -0.15) is 0 Å². The van der Waals surface area contributed by atoms with Crippen molar-refractivity contribution < 1.29 is 23.9 Å². The smallest absolute Gasteiger partial charge is 0.309 e. The number of hydrogen-bond donors (Lipinski definition) is 0. The molecule has 0 bridgehead atoms. The number of aliphatic imine (C=N–C) groups is 2. The van der Waals surface area contributed by atoms with Crippen LogP contribution < -0.4 is 0 Å². The molecule has 0 saturated heterocycles. The highest BCUT2D eigenvalue weighted by Gasteiger charge is 2.41. The first-order valence-corrected chi connectivity index (χ1v) is 23.2. The third kappa shape index (κ3) is 15.9. The zero-order valence-electron chi connectivity index (χ0n) is 39.6. The first-order valence-electron chi connectivity index (χ1n) is 23.2. The Morgan fingerprint density at radius 1 is 0.645 bits per heavy atom. The third-order valence-electron chi connectivity index (χ3n) is 11.2. The molecule has 9 heteroatoms. The van der Waals surface area contributed by atoms with Gasteiger partial charge in [-0.3, -0.25) is 19.4 Å². The van der Waals surface area contributed by atoms with Gasteiger partial charge in [-0.25, -0.2) is 9.98 Å². The number of amidine groups is 1. The van der Waals surface area contributed by atoms with Crippen LogP contribution in [0.3, 0.4) is 0 Å². The lowest BCUT2D eigenvalue weighted by atomic mass is 10.1. The van der Waals surface area contributed by atoms with E-state index in [2.05, 4.69) is 97.1 Å². The van der Waals surface area contributed by atoms with E-state index in [-0.39, 0.29) is 42.2 Å². The van der Waals surface area contributed by atoms with Crippen molar-refractivity contribution in [2.45, 2.75) is 114 Å². The molecule has 9 nitrogen and oxygen atoms in total. The third-order valence-corrected chi connectivity index (χ3v) is 11.2. The van der Waals surface area contributed by atoms with E-state index in [1.807, 2.05) is 79.8 Å².